The molecule has 0 aromatic carbocycles. The highest BCUT2D eigenvalue weighted by Crippen LogP contribution is 2.19. The Kier molecular flexibility index (Phi) is 2.60. The lowest BCUT2D eigenvalue weighted by Gasteiger charge is -2.23. The molecule has 0 bridgehead atoms. The average Bonchev–Trinajstić information content (AvgIpc) is 1.77. The van der Waals surface area contributed by atoms with Gasteiger partial charge in [-0.3, -0.25) is 4.21 Å². The van der Waals surface area contributed by atoms with Crippen molar-refractivity contribution in [2.45, 2.75) is 19.8 Å². The molecule has 10 heavy (non-hydrogen) atoms. The molecule has 1 fully saturated rings. The third-order valence-electron chi connectivity index (χ3n) is 1.75. The van der Waals surface area contributed by atoms with Crippen LogP contribution in [0.2, 0.25) is 0 Å². The Morgan fingerprint density at radius 1 is 1.60 bits per heavy atom. The average molecular weight is 160 g/mol. The molecule has 3 heteroatoms. The number of hydrogen-bond acceptors (Lipinski definition) is 2. The minimum atomic E-state index is -0.548. The highest BCUT2D eigenvalue weighted by atomic mass is 32.2. The predicted molar refractivity (Wildman–Crippen MR) is 41.3 cm³/mol. The molecule has 0 spiro atoms. The molecule has 0 aromatic heterocycles. The van der Waals surface area contributed by atoms with Crippen molar-refractivity contribution in [3.63, 3.8) is 0 Å². The van der Waals surface area contributed by atoms with Crippen molar-refractivity contribution < 1.29 is 9.00 Å². The monoisotopic (exact) mass is 160 g/mol. The van der Waals surface area contributed by atoms with Crippen molar-refractivity contribution in [1.29, 1.82) is 0 Å². The molecule has 0 N–H and O–H groups in total. The zero-order valence-electron chi connectivity index (χ0n) is 6.13. The van der Waals surface area contributed by atoms with Gasteiger partial charge in [0.2, 0.25) is 0 Å². The third kappa shape index (κ3) is 2.21. The fourth-order valence-corrected chi connectivity index (χ4v) is 2.34. The maximum Gasteiger partial charge on any atom is 0.129 e. The summed E-state index contributed by atoms with van der Waals surface area (Å²) in [6.07, 6.45) is 1.61. The first kappa shape index (κ1) is 7.92. The van der Waals surface area contributed by atoms with E-state index in [1.165, 1.54) is 0 Å². The van der Waals surface area contributed by atoms with Crippen LogP contribution in [0.1, 0.15) is 19.8 Å². The predicted octanol–water partition coefficient (Wildman–Crippen LogP) is 0.734. The van der Waals surface area contributed by atoms with Crippen molar-refractivity contribution in [2.75, 3.05) is 11.5 Å². The van der Waals surface area contributed by atoms with E-state index < -0.39 is 10.8 Å². The van der Waals surface area contributed by atoms with Gasteiger partial charge in [-0.1, -0.05) is 0 Å². The Labute approximate surface area is 63.5 Å². The van der Waals surface area contributed by atoms with E-state index in [0.29, 0.717) is 12.3 Å². The van der Waals surface area contributed by atoms with Gasteiger partial charge in [-0.05, 0) is 19.3 Å². The Bertz CT molecular complexity index is 157. The fourth-order valence-electron chi connectivity index (χ4n) is 1.05. The molecule has 58 valence electrons. The van der Waals surface area contributed by atoms with Gasteiger partial charge in [-0.15, -0.1) is 0 Å². The second kappa shape index (κ2) is 3.28. The van der Waals surface area contributed by atoms with Gasteiger partial charge in [0.25, 0.3) is 0 Å². The van der Waals surface area contributed by atoms with Gasteiger partial charge in [0.05, 0.1) is 0 Å². The molecule has 2 nitrogen and oxygen atoms in total. The van der Waals surface area contributed by atoms with Crippen molar-refractivity contribution in [2.24, 2.45) is 5.92 Å². The van der Waals surface area contributed by atoms with Gasteiger partial charge in [-0.2, -0.15) is 0 Å². The molecule has 0 amide bonds. The van der Waals surface area contributed by atoms with Gasteiger partial charge in [-0.25, -0.2) is 0 Å². The Balaban J connectivity index is 2.05. The SMILES string of the molecule is CC(=O)CCC1CS(=O)C1. The molecule has 0 radical (unpaired) electrons. The van der Waals surface area contributed by atoms with E-state index in [1.54, 1.807) is 6.92 Å². The lowest BCUT2D eigenvalue weighted by molar-refractivity contribution is -0.117. The van der Waals surface area contributed by atoms with Gasteiger partial charge in [0.1, 0.15) is 5.78 Å². The number of hydrogen-bond donors (Lipinski definition) is 0. The number of ketones is 1. The lowest BCUT2D eigenvalue weighted by Crippen LogP contribution is -2.31. The summed E-state index contributed by atoms with van der Waals surface area (Å²) in [5.41, 5.74) is 0. The summed E-state index contributed by atoms with van der Waals surface area (Å²) in [5.74, 6) is 2.48. The second-order valence-electron chi connectivity index (χ2n) is 2.88. The second-order valence-corrected chi connectivity index (χ2v) is 4.43. The third-order valence-corrected chi connectivity index (χ3v) is 3.43. The standard InChI is InChI=1S/C7H12O2S/c1-6(8)2-3-7-4-10(9)5-7/h7H,2-5H2,1H3. The topological polar surface area (TPSA) is 34.1 Å². The summed E-state index contributed by atoms with van der Waals surface area (Å²) >= 11 is 0. The molecule has 1 rings (SSSR count). The van der Waals surface area contributed by atoms with Crippen LogP contribution in [-0.4, -0.2) is 21.5 Å². The van der Waals surface area contributed by atoms with E-state index in [0.717, 1.165) is 17.9 Å². The molecule has 0 aliphatic carbocycles. The molecule has 1 heterocycles. The van der Waals surface area contributed by atoms with E-state index in [-0.39, 0.29) is 5.78 Å². The minimum absolute atomic E-state index is 0.248. The highest BCUT2D eigenvalue weighted by molar-refractivity contribution is 7.86. The summed E-state index contributed by atoms with van der Waals surface area (Å²) in [7, 11) is -0.548. The number of carbonyl (C=O) groups is 1. The quantitative estimate of drug-likeness (QED) is 0.610. The molecule has 0 aromatic rings. The van der Waals surface area contributed by atoms with Crippen molar-refractivity contribution in [1.82, 2.24) is 0 Å². The molecule has 0 saturated carbocycles. The molecule has 1 aliphatic heterocycles. The lowest BCUT2D eigenvalue weighted by atomic mass is 10.1. The Morgan fingerprint density at radius 3 is 2.60 bits per heavy atom. The first-order valence-electron chi connectivity index (χ1n) is 3.53. The summed E-state index contributed by atoms with van der Waals surface area (Å²) in [6.45, 7) is 1.61. The maximum absolute atomic E-state index is 10.6. The molecular formula is C7H12O2S. The number of Topliss-reactive ketones (excluding diaryl/α,β-unsaturated/α-hetero) is 1. The largest absolute Gasteiger partial charge is 0.300 e. The summed E-state index contributed by atoms with van der Waals surface area (Å²) in [5, 5.41) is 0. The van der Waals surface area contributed by atoms with Gasteiger partial charge >= 0.3 is 0 Å². The fraction of sp³-hybridized carbons (Fsp3) is 0.857. The van der Waals surface area contributed by atoms with Crippen LogP contribution in [0.3, 0.4) is 0 Å². The van der Waals surface area contributed by atoms with Crippen LogP contribution in [0.25, 0.3) is 0 Å². The Morgan fingerprint density at radius 2 is 2.20 bits per heavy atom. The maximum atomic E-state index is 10.6. The van der Waals surface area contributed by atoms with Crippen molar-refractivity contribution >= 4 is 16.6 Å². The Hall–Kier alpha value is -0.180. The van der Waals surface area contributed by atoms with Crippen LogP contribution in [0.4, 0.5) is 0 Å². The number of carbonyl (C=O) groups excluding carboxylic acids is 1. The van der Waals surface area contributed by atoms with Crippen LogP contribution in [-0.2, 0) is 15.6 Å². The number of rotatable bonds is 3. The summed E-state index contributed by atoms with van der Waals surface area (Å²) in [6, 6.07) is 0. The van der Waals surface area contributed by atoms with Crippen LogP contribution in [0.15, 0.2) is 0 Å². The zero-order chi connectivity index (χ0) is 7.56. The molecular weight excluding hydrogens is 148 g/mol. The van der Waals surface area contributed by atoms with E-state index in [9.17, 15) is 9.00 Å². The van der Waals surface area contributed by atoms with Crippen LogP contribution < -0.4 is 0 Å². The molecule has 1 saturated heterocycles. The van der Waals surface area contributed by atoms with E-state index >= 15 is 0 Å². The van der Waals surface area contributed by atoms with Crippen LogP contribution in [0, 0.1) is 5.92 Å². The first-order valence-corrected chi connectivity index (χ1v) is 5.01. The van der Waals surface area contributed by atoms with Crippen LogP contribution in [0.5, 0.6) is 0 Å². The van der Waals surface area contributed by atoms with Crippen molar-refractivity contribution in [3.05, 3.63) is 0 Å². The molecule has 1 aliphatic rings. The summed E-state index contributed by atoms with van der Waals surface area (Å²) in [4.78, 5) is 10.5. The van der Waals surface area contributed by atoms with Gasteiger partial charge < -0.3 is 4.79 Å². The zero-order valence-corrected chi connectivity index (χ0v) is 6.95. The van der Waals surface area contributed by atoms with Gasteiger partial charge in [0.15, 0.2) is 0 Å². The smallest absolute Gasteiger partial charge is 0.129 e. The van der Waals surface area contributed by atoms with E-state index in [1.807, 2.05) is 0 Å². The van der Waals surface area contributed by atoms with Crippen molar-refractivity contribution in [3.8, 4) is 0 Å². The normalized spacial score (nSPS) is 31.3. The van der Waals surface area contributed by atoms with E-state index in [4.69, 9.17) is 0 Å². The highest BCUT2D eigenvalue weighted by Gasteiger charge is 2.24. The van der Waals surface area contributed by atoms with E-state index in [2.05, 4.69) is 0 Å². The molecule has 0 atom stereocenters. The molecule has 0 unspecified atom stereocenters. The van der Waals surface area contributed by atoms with Gasteiger partial charge in [0, 0.05) is 28.7 Å². The summed E-state index contributed by atoms with van der Waals surface area (Å²) < 4.78 is 10.6. The first-order chi connectivity index (χ1) is 4.68. The van der Waals surface area contributed by atoms with Crippen LogP contribution >= 0.6 is 0 Å². The minimum Gasteiger partial charge on any atom is -0.300 e.